The Balaban J connectivity index is 1.88. The molecule has 0 bridgehead atoms. The predicted octanol–water partition coefficient (Wildman–Crippen LogP) is 4.50. The van der Waals surface area contributed by atoms with E-state index in [1.165, 1.54) is 5.56 Å². The van der Waals surface area contributed by atoms with Crippen molar-refractivity contribution in [1.82, 2.24) is 10.2 Å². The molecule has 1 aromatic heterocycles. The molecule has 3 aromatic rings. The zero-order valence-electron chi connectivity index (χ0n) is 10.5. The van der Waals surface area contributed by atoms with Crippen molar-refractivity contribution in [2.75, 3.05) is 5.32 Å². The average molecular weight is 316 g/mol. The molecule has 0 amide bonds. The molecule has 0 aliphatic heterocycles. The van der Waals surface area contributed by atoms with Crippen LogP contribution in [0.25, 0.3) is 10.9 Å². The van der Waals surface area contributed by atoms with Crippen LogP contribution in [0, 0.1) is 0 Å². The summed E-state index contributed by atoms with van der Waals surface area (Å²) in [4.78, 5) is 0. The van der Waals surface area contributed by atoms with Crippen molar-refractivity contribution < 1.29 is 0 Å². The fourth-order valence-corrected chi connectivity index (χ4v) is 2.42. The van der Waals surface area contributed by atoms with Gasteiger partial charge in [0.25, 0.3) is 0 Å². The topological polar surface area (TPSA) is 40.7 Å². The Morgan fingerprint density at radius 2 is 1.95 bits per heavy atom. The van der Waals surface area contributed by atoms with Gasteiger partial charge in [0, 0.05) is 15.9 Å². The van der Waals surface area contributed by atoms with Gasteiger partial charge in [-0.25, -0.2) is 0 Å². The molecule has 19 heavy (non-hydrogen) atoms. The molecule has 1 atom stereocenters. The highest BCUT2D eigenvalue weighted by Crippen LogP contribution is 2.25. The fraction of sp³-hybridized carbons (Fsp3) is 0.133. The normalized spacial score (nSPS) is 12.5. The van der Waals surface area contributed by atoms with Gasteiger partial charge in [-0.3, -0.25) is 5.10 Å². The summed E-state index contributed by atoms with van der Waals surface area (Å²) in [7, 11) is 0. The molecule has 0 aliphatic carbocycles. The minimum Gasteiger partial charge on any atom is -0.377 e. The third-order valence-corrected chi connectivity index (χ3v) is 3.75. The van der Waals surface area contributed by atoms with Gasteiger partial charge in [0.1, 0.15) is 0 Å². The van der Waals surface area contributed by atoms with Crippen LogP contribution >= 0.6 is 15.9 Å². The molecule has 1 unspecified atom stereocenters. The minimum atomic E-state index is 0.238. The number of hydrogen-bond acceptors (Lipinski definition) is 2. The van der Waals surface area contributed by atoms with E-state index in [2.05, 4.69) is 68.7 Å². The second-order valence-electron chi connectivity index (χ2n) is 4.56. The molecule has 0 spiro atoms. The summed E-state index contributed by atoms with van der Waals surface area (Å²) in [6.45, 7) is 2.15. The molecule has 3 rings (SSSR count). The minimum absolute atomic E-state index is 0.238. The summed E-state index contributed by atoms with van der Waals surface area (Å²) in [6, 6.07) is 14.7. The number of rotatable bonds is 3. The van der Waals surface area contributed by atoms with Crippen molar-refractivity contribution in [2.24, 2.45) is 0 Å². The number of nitrogens with one attached hydrogen (secondary N) is 2. The first kappa shape index (κ1) is 12.2. The monoisotopic (exact) mass is 315 g/mol. The molecule has 4 heteroatoms. The first-order valence-electron chi connectivity index (χ1n) is 6.18. The lowest BCUT2D eigenvalue weighted by Gasteiger charge is -2.16. The van der Waals surface area contributed by atoms with E-state index in [4.69, 9.17) is 0 Å². The number of aromatic amines is 1. The van der Waals surface area contributed by atoms with Gasteiger partial charge in [0.2, 0.25) is 0 Å². The molecule has 96 valence electrons. The second kappa shape index (κ2) is 5.05. The van der Waals surface area contributed by atoms with Crippen molar-refractivity contribution in [3.63, 3.8) is 0 Å². The number of anilines is 1. The number of aromatic nitrogens is 2. The second-order valence-corrected chi connectivity index (χ2v) is 5.47. The Hall–Kier alpha value is -1.81. The van der Waals surface area contributed by atoms with Crippen molar-refractivity contribution in [3.8, 4) is 0 Å². The maximum Gasteiger partial charge on any atom is 0.0881 e. The number of halogens is 1. The predicted molar refractivity (Wildman–Crippen MR) is 82.3 cm³/mol. The number of nitrogens with zero attached hydrogens (tertiary/aromatic N) is 1. The van der Waals surface area contributed by atoms with Crippen LogP contribution in [0.4, 0.5) is 5.69 Å². The van der Waals surface area contributed by atoms with Crippen molar-refractivity contribution in [3.05, 3.63) is 58.7 Å². The molecule has 0 saturated carbocycles. The maximum atomic E-state index is 4.08. The zero-order chi connectivity index (χ0) is 13.2. The van der Waals surface area contributed by atoms with Crippen molar-refractivity contribution in [1.29, 1.82) is 0 Å². The van der Waals surface area contributed by atoms with Gasteiger partial charge in [-0.1, -0.05) is 40.2 Å². The summed E-state index contributed by atoms with van der Waals surface area (Å²) in [5.74, 6) is 0. The summed E-state index contributed by atoms with van der Waals surface area (Å²) in [5, 5.41) is 11.8. The third kappa shape index (κ3) is 2.49. The Kier molecular flexibility index (Phi) is 3.25. The van der Waals surface area contributed by atoms with E-state index in [0.717, 1.165) is 21.1 Å². The van der Waals surface area contributed by atoms with Crippen LogP contribution in [0.2, 0.25) is 0 Å². The van der Waals surface area contributed by atoms with Crippen LogP contribution in [0.5, 0.6) is 0 Å². The Bertz CT molecular complexity index is 688. The van der Waals surface area contributed by atoms with E-state index >= 15 is 0 Å². The van der Waals surface area contributed by atoms with E-state index in [1.54, 1.807) is 0 Å². The van der Waals surface area contributed by atoms with Crippen LogP contribution in [0.15, 0.2) is 53.1 Å². The Labute approximate surface area is 120 Å². The highest BCUT2D eigenvalue weighted by molar-refractivity contribution is 9.10. The van der Waals surface area contributed by atoms with E-state index < -0.39 is 0 Å². The van der Waals surface area contributed by atoms with Crippen molar-refractivity contribution in [2.45, 2.75) is 13.0 Å². The number of hydrogen-bond donors (Lipinski definition) is 2. The average Bonchev–Trinajstić information content (AvgIpc) is 2.89. The van der Waals surface area contributed by atoms with Gasteiger partial charge >= 0.3 is 0 Å². The molecule has 2 N–H and O–H groups in total. The molecular weight excluding hydrogens is 302 g/mol. The van der Waals surface area contributed by atoms with Crippen LogP contribution in [-0.2, 0) is 0 Å². The molecule has 1 heterocycles. The number of fused-ring (bicyclic) bond motifs is 1. The summed E-state index contributed by atoms with van der Waals surface area (Å²) >= 11 is 3.46. The quantitative estimate of drug-likeness (QED) is 0.747. The molecule has 0 radical (unpaired) electrons. The maximum absolute atomic E-state index is 4.08. The third-order valence-electron chi connectivity index (χ3n) is 3.22. The molecule has 2 aromatic carbocycles. The van der Waals surface area contributed by atoms with E-state index in [0.29, 0.717) is 0 Å². The summed E-state index contributed by atoms with van der Waals surface area (Å²) < 4.78 is 1.10. The summed E-state index contributed by atoms with van der Waals surface area (Å²) in [6.07, 6.45) is 1.84. The SMILES string of the molecule is CC(Nc1cccc2cn[nH]c12)c1ccc(Br)cc1. The van der Waals surface area contributed by atoms with Crippen LogP contribution in [0.3, 0.4) is 0 Å². The largest absolute Gasteiger partial charge is 0.377 e. The Morgan fingerprint density at radius 1 is 1.16 bits per heavy atom. The molecular formula is C15H14BrN3. The molecule has 0 saturated heterocycles. The standard InChI is InChI=1S/C15H14BrN3/c1-10(11-5-7-13(16)8-6-11)18-14-4-2-3-12-9-17-19-15(12)14/h2-10,18H,1H3,(H,17,19). The van der Waals surface area contributed by atoms with Gasteiger partial charge in [0.15, 0.2) is 0 Å². The Morgan fingerprint density at radius 3 is 2.74 bits per heavy atom. The van der Waals surface area contributed by atoms with Gasteiger partial charge < -0.3 is 5.32 Å². The van der Waals surface area contributed by atoms with Crippen LogP contribution in [-0.4, -0.2) is 10.2 Å². The van der Waals surface area contributed by atoms with Crippen molar-refractivity contribution >= 4 is 32.5 Å². The lowest BCUT2D eigenvalue weighted by atomic mass is 10.1. The molecule has 3 nitrogen and oxygen atoms in total. The van der Waals surface area contributed by atoms with E-state index in [1.807, 2.05) is 18.3 Å². The first-order valence-corrected chi connectivity index (χ1v) is 6.97. The smallest absolute Gasteiger partial charge is 0.0881 e. The number of benzene rings is 2. The molecule has 0 aliphatic rings. The van der Waals surface area contributed by atoms with E-state index in [-0.39, 0.29) is 6.04 Å². The van der Waals surface area contributed by atoms with Gasteiger partial charge in [0.05, 0.1) is 17.4 Å². The highest BCUT2D eigenvalue weighted by Gasteiger charge is 2.08. The fourth-order valence-electron chi connectivity index (χ4n) is 2.16. The van der Waals surface area contributed by atoms with Gasteiger partial charge in [-0.15, -0.1) is 0 Å². The van der Waals surface area contributed by atoms with Crippen LogP contribution in [0.1, 0.15) is 18.5 Å². The lowest BCUT2D eigenvalue weighted by Crippen LogP contribution is -2.06. The highest BCUT2D eigenvalue weighted by atomic mass is 79.9. The summed E-state index contributed by atoms with van der Waals surface area (Å²) in [5.41, 5.74) is 3.37. The van der Waals surface area contributed by atoms with Gasteiger partial charge in [-0.2, -0.15) is 5.10 Å². The number of H-pyrrole nitrogens is 1. The zero-order valence-corrected chi connectivity index (χ0v) is 12.1. The van der Waals surface area contributed by atoms with Gasteiger partial charge in [-0.05, 0) is 30.7 Å². The van der Waals surface area contributed by atoms with E-state index in [9.17, 15) is 0 Å². The lowest BCUT2D eigenvalue weighted by molar-refractivity contribution is 0.885. The van der Waals surface area contributed by atoms with Crippen LogP contribution < -0.4 is 5.32 Å². The first-order chi connectivity index (χ1) is 9.24. The number of para-hydroxylation sites is 1. The molecule has 0 fully saturated rings.